The lowest BCUT2D eigenvalue weighted by molar-refractivity contribution is 0.281. The average Bonchev–Trinajstić information content (AvgIpc) is 2.33. The zero-order chi connectivity index (χ0) is 12.5. The van der Waals surface area contributed by atoms with Crippen molar-refractivity contribution >= 4 is 0 Å². The summed E-state index contributed by atoms with van der Waals surface area (Å²) in [6.45, 7) is 0. The molecular weight excluding hydrogens is 221 g/mol. The van der Waals surface area contributed by atoms with Gasteiger partial charge in [-0.2, -0.15) is 4.39 Å². The van der Waals surface area contributed by atoms with Crippen LogP contribution in [0.15, 0.2) is 12.1 Å². The second-order valence-electron chi connectivity index (χ2n) is 4.70. The lowest BCUT2D eigenvalue weighted by Crippen LogP contribution is -2.39. The fourth-order valence-corrected chi connectivity index (χ4v) is 2.59. The molecule has 1 aromatic carbocycles. The van der Waals surface area contributed by atoms with E-state index in [0.717, 1.165) is 25.7 Å². The van der Waals surface area contributed by atoms with Gasteiger partial charge in [-0.25, -0.2) is 0 Å². The Morgan fingerprint density at radius 2 is 1.94 bits per heavy atom. The lowest BCUT2D eigenvalue weighted by Gasteiger charge is -2.35. The molecule has 1 aromatic rings. The van der Waals surface area contributed by atoms with Gasteiger partial charge in [-0.05, 0) is 25.0 Å². The van der Waals surface area contributed by atoms with Crippen LogP contribution >= 0.6 is 0 Å². The Kier molecular flexibility index (Phi) is 3.24. The highest BCUT2D eigenvalue weighted by atomic mass is 19.1. The molecular formula is C13H18FNO2. The van der Waals surface area contributed by atoms with Crippen LogP contribution in [0.25, 0.3) is 0 Å². The number of ether oxygens (including phenoxy) is 1. The zero-order valence-electron chi connectivity index (χ0n) is 10.0. The quantitative estimate of drug-likeness (QED) is 0.834. The van der Waals surface area contributed by atoms with Crippen LogP contribution in [0, 0.1) is 5.82 Å². The molecule has 3 nitrogen and oxygen atoms in total. The minimum absolute atomic E-state index is 0.0781. The highest BCUT2D eigenvalue weighted by Crippen LogP contribution is 2.42. The summed E-state index contributed by atoms with van der Waals surface area (Å²) in [6, 6.07) is 3.01. The second-order valence-corrected chi connectivity index (χ2v) is 4.70. The lowest BCUT2D eigenvalue weighted by atomic mass is 9.77. The number of methoxy groups -OCH3 is 1. The van der Waals surface area contributed by atoms with Crippen LogP contribution in [-0.4, -0.2) is 12.2 Å². The SMILES string of the molecule is COc1c(C2(N)CCCCC2)ccc(O)c1F. The summed E-state index contributed by atoms with van der Waals surface area (Å²) in [5.41, 5.74) is 6.48. The Labute approximate surface area is 100 Å². The number of rotatable bonds is 2. The van der Waals surface area contributed by atoms with Gasteiger partial charge in [0.2, 0.25) is 5.82 Å². The van der Waals surface area contributed by atoms with Gasteiger partial charge in [-0.3, -0.25) is 0 Å². The molecule has 0 unspecified atom stereocenters. The molecule has 17 heavy (non-hydrogen) atoms. The largest absolute Gasteiger partial charge is 0.505 e. The molecule has 0 atom stereocenters. The van der Waals surface area contributed by atoms with Gasteiger partial charge in [0.1, 0.15) is 0 Å². The molecule has 1 aliphatic carbocycles. The molecule has 94 valence electrons. The molecule has 2 rings (SSSR count). The van der Waals surface area contributed by atoms with Gasteiger partial charge in [0.15, 0.2) is 11.5 Å². The predicted molar refractivity (Wildman–Crippen MR) is 63.6 cm³/mol. The summed E-state index contributed by atoms with van der Waals surface area (Å²) in [4.78, 5) is 0. The molecule has 1 saturated carbocycles. The van der Waals surface area contributed by atoms with E-state index in [-0.39, 0.29) is 5.75 Å². The van der Waals surface area contributed by atoms with Crippen LogP contribution in [0.4, 0.5) is 4.39 Å². The molecule has 0 heterocycles. The van der Waals surface area contributed by atoms with Gasteiger partial charge >= 0.3 is 0 Å². The maximum Gasteiger partial charge on any atom is 0.206 e. The van der Waals surface area contributed by atoms with Crippen molar-refractivity contribution in [1.29, 1.82) is 0 Å². The number of phenols is 1. The summed E-state index contributed by atoms with van der Waals surface area (Å²) in [5, 5.41) is 9.34. The normalized spacial score (nSPS) is 19.0. The van der Waals surface area contributed by atoms with Crippen molar-refractivity contribution in [2.24, 2.45) is 5.73 Å². The van der Waals surface area contributed by atoms with E-state index in [2.05, 4.69) is 0 Å². The van der Waals surface area contributed by atoms with E-state index >= 15 is 0 Å². The third kappa shape index (κ3) is 2.09. The van der Waals surface area contributed by atoms with E-state index in [1.54, 1.807) is 6.07 Å². The molecule has 0 bridgehead atoms. The summed E-state index contributed by atoms with van der Waals surface area (Å²) >= 11 is 0. The molecule has 3 N–H and O–H groups in total. The topological polar surface area (TPSA) is 55.5 Å². The van der Waals surface area contributed by atoms with E-state index < -0.39 is 17.1 Å². The summed E-state index contributed by atoms with van der Waals surface area (Å²) in [6.07, 6.45) is 4.91. The third-order valence-corrected chi connectivity index (χ3v) is 3.56. The van der Waals surface area contributed by atoms with E-state index in [4.69, 9.17) is 10.5 Å². The Morgan fingerprint density at radius 3 is 2.53 bits per heavy atom. The summed E-state index contributed by atoms with van der Waals surface area (Å²) in [5.74, 6) is -1.04. The molecule has 0 amide bonds. The predicted octanol–water partition coefficient (Wildman–Crippen LogP) is 2.66. The van der Waals surface area contributed by atoms with Crippen molar-refractivity contribution in [1.82, 2.24) is 0 Å². The van der Waals surface area contributed by atoms with Crippen LogP contribution in [0.2, 0.25) is 0 Å². The number of nitrogens with two attached hydrogens (primary N) is 1. The van der Waals surface area contributed by atoms with Gasteiger partial charge in [0.05, 0.1) is 7.11 Å². The fourth-order valence-electron chi connectivity index (χ4n) is 2.59. The van der Waals surface area contributed by atoms with Crippen LogP contribution in [-0.2, 0) is 5.54 Å². The number of benzene rings is 1. The summed E-state index contributed by atoms with van der Waals surface area (Å²) in [7, 11) is 1.40. The molecule has 0 aromatic heterocycles. The Hall–Kier alpha value is -1.29. The van der Waals surface area contributed by atoms with E-state index in [1.165, 1.54) is 19.6 Å². The maximum atomic E-state index is 13.8. The smallest absolute Gasteiger partial charge is 0.206 e. The molecule has 1 fully saturated rings. The van der Waals surface area contributed by atoms with Crippen molar-refractivity contribution in [3.63, 3.8) is 0 Å². The van der Waals surface area contributed by atoms with Crippen molar-refractivity contribution in [3.8, 4) is 11.5 Å². The van der Waals surface area contributed by atoms with Crippen LogP contribution in [0.3, 0.4) is 0 Å². The monoisotopic (exact) mass is 239 g/mol. The first kappa shape index (κ1) is 12.2. The number of halogens is 1. The number of hydrogen-bond donors (Lipinski definition) is 2. The molecule has 4 heteroatoms. The first-order chi connectivity index (χ1) is 8.08. The van der Waals surface area contributed by atoms with Crippen molar-refractivity contribution in [2.75, 3.05) is 7.11 Å². The Balaban J connectivity index is 2.47. The highest BCUT2D eigenvalue weighted by molar-refractivity contribution is 5.45. The first-order valence-electron chi connectivity index (χ1n) is 5.93. The van der Waals surface area contributed by atoms with Crippen molar-refractivity contribution in [3.05, 3.63) is 23.5 Å². The van der Waals surface area contributed by atoms with E-state index in [9.17, 15) is 9.50 Å². The maximum absolute atomic E-state index is 13.8. The highest BCUT2D eigenvalue weighted by Gasteiger charge is 2.33. The van der Waals surface area contributed by atoms with Gasteiger partial charge in [0, 0.05) is 11.1 Å². The molecule has 0 radical (unpaired) electrons. The second kappa shape index (κ2) is 4.53. The number of aromatic hydroxyl groups is 1. The summed E-state index contributed by atoms with van der Waals surface area (Å²) < 4.78 is 18.8. The minimum Gasteiger partial charge on any atom is -0.505 e. The average molecular weight is 239 g/mol. The molecule has 0 saturated heterocycles. The molecule has 0 aliphatic heterocycles. The van der Waals surface area contributed by atoms with Crippen LogP contribution in [0.5, 0.6) is 11.5 Å². The molecule has 0 spiro atoms. The van der Waals surface area contributed by atoms with Crippen molar-refractivity contribution < 1.29 is 14.2 Å². The zero-order valence-corrected chi connectivity index (χ0v) is 10.0. The van der Waals surface area contributed by atoms with Gasteiger partial charge in [-0.1, -0.05) is 19.3 Å². The Morgan fingerprint density at radius 1 is 1.29 bits per heavy atom. The van der Waals surface area contributed by atoms with Crippen molar-refractivity contribution in [2.45, 2.75) is 37.6 Å². The minimum atomic E-state index is -0.722. The van der Waals surface area contributed by atoms with E-state index in [0.29, 0.717) is 5.56 Å². The first-order valence-corrected chi connectivity index (χ1v) is 5.93. The van der Waals surface area contributed by atoms with Gasteiger partial charge in [0.25, 0.3) is 0 Å². The van der Waals surface area contributed by atoms with Crippen LogP contribution < -0.4 is 10.5 Å². The van der Waals surface area contributed by atoms with Gasteiger partial charge < -0.3 is 15.6 Å². The third-order valence-electron chi connectivity index (χ3n) is 3.56. The van der Waals surface area contributed by atoms with E-state index in [1.807, 2.05) is 0 Å². The number of phenolic OH excluding ortho intramolecular Hbond substituents is 1. The molecule has 1 aliphatic rings. The standard InChI is InChI=1S/C13H18FNO2/c1-17-12-9(5-6-10(16)11(12)14)13(15)7-3-2-4-8-13/h5-6,16H,2-4,7-8,15H2,1H3. The van der Waals surface area contributed by atoms with Gasteiger partial charge in [-0.15, -0.1) is 0 Å². The number of hydrogen-bond acceptors (Lipinski definition) is 3. The Bertz CT molecular complexity index is 414. The fraction of sp³-hybridized carbons (Fsp3) is 0.538. The van der Waals surface area contributed by atoms with Crippen LogP contribution in [0.1, 0.15) is 37.7 Å².